The van der Waals surface area contributed by atoms with E-state index in [4.69, 9.17) is 9.84 Å². The molecule has 0 aromatic heterocycles. The molecule has 1 rings (SSSR count). The number of likely N-dealkylation sites (N-methyl/N-ethyl adjacent to an activating group) is 1. The number of carboxylic acids is 1. The van der Waals surface area contributed by atoms with Crippen LogP contribution >= 0.6 is 0 Å². The highest BCUT2D eigenvalue weighted by Gasteiger charge is 2.64. The van der Waals surface area contributed by atoms with E-state index in [0.29, 0.717) is 17.4 Å². The van der Waals surface area contributed by atoms with E-state index in [0.717, 1.165) is 0 Å². The number of aliphatic hydroxyl groups is 1. The molecule has 0 radical (unpaired) electrons. The van der Waals surface area contributed by atoms with Crippen molar-refractivity contribution in [3.8, 4) is 0 Å². The van der Waals surface area contributed by atoms with Gasteiger partial charge in [0.1, 0.15) is 18.1 Å². The van der Waals surface area contributed by atoms with E-state index in [9.17, 15) is 9.90 Å². The molecule has 3 unspecified atom stereocenters. The maximum atomic E-state index is 11.4. The van der Waals surface area contributed by atoms with Crippen LogP contribution in [0.25, 0.3) is 0 Å². The van der Waals surface area contributed by atoms with Crippen LogP contribution in [0.5, 0.6) is 0 Å². The maximum Gasteiger partial charge on any atom is 0.312 e. The van der Waals surface area contributed by atoms with E-state index in [1.54, 1.807) is 0 Å². The first kappa shape index (κ1) is 14.4. The summed E-state index contributed by atoms with van der Waals surface area (Å²) >= 11 is 0. The first-order valence-electron chi connectivity index (χ1n) is 6.00. The summed E-state index contributed by atoms with van der Waals surface area (Å²) in [6.45, 7) is 2.71. The van der Waals surface area contributed by atoms with E-state index in [-0.39, 0.29) is 25.2 Å². The van der Waals surface area contributed by atoms with Gasteiger partial charge in [-0.25, -0.2) is 0 Å². The Morgan fingerprint density at radius 2 is 2.06 bits per heavy atom. The van der Waals surface area contributed by atoms with Gasteiger partial charge in [0.05, 0.1) is 34.4 Å². The number of nitrogens with zero attached hydrogens (tertiary/aromatic N) is 1. The molecule has 17 heavy (non-hydrogen) atoms. The molecule has 5 heteroatoms. The number of hydrogen-bond donors (Lipinski definition) is 2. The molecule has 0 bridgehead atoms. The van der Waals surface area contributed by atoms with Crippen LogP contribution < -0.4 is 0 Å². The monoisotopic (exact) mass is 246 g/mol. The maximum absolute atomic E-state index is 11.4. The highest BCUT2D eigenvalue weighted by Crippen LogP contribution is 2.56. The standard InChI is InChI=1S/C12H23NO4/c1-9-7-12(9,11(15)16)10(17-6-5-14)8-13(2,3)4/h9-10,14H,5-8H2,1-4H3/p+1. The molecule has 1 saturated carbocycles. The number of rotatable bonds is 7. The lowest BCUT2D eigenvalue weighted by atomic mass is 9.95. The molecule has 0 amide bonds. The fourth-order valence-electron chi connectivity index (χ4n) is 2.39. The van der Waals surface area contributed by atoms with Gasteiger partial charge in [-0.2, -0.15) is 0 Å². The molecule has 3 atom stereocenters. The summed E-state index contributed by atoms with van der Waals surface area (Å²) in [5.74, 6) is -0.628. The molecule has 0 aliphatic heterocycles. The topological polar surface area (TPSA) is 66.8 Å². The summed E-state index contributed by atoms with van der Waals surface area (Å²) in [5.41, 5.74) is -0.749. The van der Waals surface area contributed by atoms with Gasteiger partial charge in [0.2, 0.25) is 0 Å². The minimum atomic E-state index is -0.776. The van der Waals surface area contributed by atoms with Crippen molar-refractivity contribution in [2.75, 3.05) is 40.9 Å². The third-order valence-corrected chi connectivity index (χ3v) is 3.46. The van der Waals surface area contributed by atoms with Crippen molar-refractivity contribution in [1.82, 2.24) is 0 Å². The summed E-state index contributed by atoms with van der Waals surface area (Å²) in [6.07, 6.45) is 0.334. The first-order chi connectivity index (χ1) is 7.74. The van der Waals surface area contributed by atoms with Gasteiger partial charge in [-0.15, -0.1) is 0 Å². The number of carbonyl (C=O) groups is 1. The lowest BCUT2D eigenvalue weighted by molar-refractivity contribution is -0.874. The van der Waals surface area contributed by atoms with Crippen LogP contribution in [0.1, 0.15) is 13.3 Å². The fourth-order valence-corrected chi connectivity index (χ4v) is 2.39. The minimum absolute atomic E-state index is 0.0717. The van der Waals surface area contributed by atoms with Crippen molar-refractivity contribution in [3.63, 3.8) is 0 Å². The second-order valence-electron chi connectivity index (χ2n) is 6.01. The third kappa shape index (κ3) is 3.18. The zero-order valence-electron chi connectivity index (χ0n) is 11.1. The normalized spacial score (nSPS) is 30.1. The highest BCUT2D eigenvalue weighted by atomic mass is 16.5. The molecule has 1 fully saturated rings. The molecule has 1 aliphatic carbocycles. The van der Waals surface area contributed by atoms with Crippen LogP contribution in [0.2, 0.25) is 0 Å². The highest BCUT2D eigenvalue weighted by molar-refractivity contribution is 5.79. The van der Waals surface area contributed by atoms with Gasteiger partial charge < -0.3 is 19.4 Å². The van der Waals surface area contributed by atoms with E-state index in [2.05, 4.69) is 0 Å². The van der Waals surface area contributed by atoms with Crippen LogP contribution in [0.4, 0.5) is 0 Å². The summed E-state index contributed by atoms with van der Waals surface area (Å²) in [4.78, 5) is 11.4. The Hall–Kier alpha value is -0.650. The zero-order chi connectivity index (χ0) is 13.3. The van der Waals surface area contributed by atoms with Crippen LogP contribution in [-0.2, 0) is 9.53 Å². The lowest BCUT2D eigenvalue weighted by Crippen LogP contribution is -2.48. The Labute approximate surface area is 103 Å². The zero-order valence-corrected chi connectivity index (χ0v) is 11.1. The minimum Gasteiger partial charge on any atom is -0.481 e. The summed E-state index contributed by atoms with van der Waals surface area (Å²) in [5, 5.41) is 18.2. The van der Waals surface area contributed by atoms with Gasteiger partial charge in [0.25, 0.3) is 0 Å². The molecule has 0 aromatic carbocycles. The molecular formula is C12H24NO4+. The van der Waals surface area contributed by atoms with Crippen molar-refractivity contribution in [3.05, 3.63) is 0 Å². The third-order valence-electron chi connectivity index (χ3n) is 3.46. The van der Waals surface area contributed by atoms with Crippen LogP contribution in [-0.4, -0.2) is 67.7 Å². The smallest absolute Gasteiger partial charge is 0.312 e. The van der Waals surface area contributed by atoms with Gasteiger partial charge in [-0.05, 0) is 12.3 Å². The Morgan fingerprint density at radius 3 is 2.35 bits per heavy atom. The Bertz CT molecular complexity index is 287. The van der Waals surface area contributed by atoms with Gasteiger partial charge in [-0.1, -0.05) is 6.92 Å². The van der Waals surface area contributed by atoms with Crippen LogP contribution in [0.15, 0.2) is 0 Å². The number of carboxylic acid groups (broad SMARTS) is 1. The average molecular weight is 246 g/mol. The van der Waals surface area contributed by atoms with Gasteiger partial charge in [-0.3, -0.25) is 4.79 Å². The quantitative estimate of drug-likeness (QED) is 0.629. The SMILES string of the molecule is CC1CC1(C(=O)O)C(C[N+](C)(C)C)OCCO. The summed E-state index contributed by atoms with van der Waals surface area (Å²) in [6, 6.07) is 0. The second-order valence-corrected chi connectivity index (χ2v) is 6.01. The molecular weight excluding hydrogens is 222 g/mol. The number of hydrogen-bond acceptors (Lipinski definition) is 3. The van der Waals surface area contributed by atoms with Crippen LogP contribution in [0.3, 0.4) is 0 Å². The van der Waals surface area contributed by atoms with Gasteiger partial charge in [0.15, 0.2) is 0 Å². The molecule has 0 saturated heterocycles. The van der Waals surface area contributed by atoms with E-state index in [1.165, 1.54) is 0 Å². The van der Waals surface area contributed by atoms with Gasteiger partial charge in [0, 0.05) is 0 Å². The van der Waals surface area contributed by atoms with Crippen molar-refractivity contribution < 1.29 is 24.2 Å². The summed E-state index contributed by atoms with van der Waals surface area (Å²) < 4.78 is 6.23. The lowest BCUT2D eigenvalue weighted by Gasteiger charge is -2.32. The van der Waals surface area contributed by atoms with Crippen molar-refractivity contribution >= 4 is 5.97 Å². The van der Waals surface area contributed by atoms with Crippen molar-refractivity contribution in [2.24, 2.45) is 11.3 Å². The number of quaternary nitrogens is 1. The Morgan fingerprint density at radius 1 is 1.53 bits per heavy atom. The molecule has 2 N–H and O–H groups in total. The van der Waals surface area contributed by atoms with Crippen molar-refractivity contribution in [2.45, 2.75) is 19.4 Å². The predicted molar refractivity (Wildman–Crippen MR) is 63.6 cm³/mol. The van der Waals surface area contributed by atoms with Crippen LogP contribution in [0, 0.1) is 11.3 Å². The Balaban J connectivity index is 2.79. The Kier molecular flexibility index (Phi) is 4.17. The molecule has 100 valence electrons. The van der Waals surface area contributed by atoms with E-state index >= 15 is 0 Å². The average Bonchev–Trinajstić information content (AvgIpc) is 2.84. The molecule has 0 spiro atoms. The molecule has 0 aromatic rings. The largest absolute Gasteiger partial charge is 0.481 e. The fraction of sp³-hybridized carbons (Fsp3) is 0.917. The van der Waals surface area contributed by atoms with Crippen molar-refractivity contribution in [1.29, 1.82) is 0 Å². The summed E-state index contributed by atoms with van der Waals surface area (Å²) in [7, 11) is 6.04. The molecule has 0 heterocycles. The number of aliphatic hydroxyl groups excluding tert-OH is 1. The molecule has 1 aliphatic rings. The van der Waals surface area contributed by atoms with E-state index < -0.39 is 11.4 Å². The predicted octanol–water partition coefficient (Wildman–Crippen LogP) is 0.181. The first-order valence-corrected chi connectivity index (χ1v) is 6.00. The van der Waals surface area contributed by atoms with E-state index in [1.807, 2.05) is 28.1 Å². The number of ether oxygens (including phenoxy) is 1. The number of aliphatic carboxylic acids is 1. The van der Waals surface area contributed by atoms with Gasteiger partial charge >= 0.3 is 5.97 Å². The molecule has 5 nitrogen and oxygen atoms in total. The second kappa shape index (κ2) is 4.92.